The van der Waals surface area contributed by atoms with Gasteiger partial charge in [0, 0.05) is 47.7 Å². The number of likely N-dealkylation sites (tertiary alicyclic amines) is 1. The quantitative estimate of drug-likeness (QED) is 0.720. The Kier molecular flexibility index (Phi) is 4.31. The van der Waals surface area contributed by atoms with Gasteiger partial charge in [-0.05, 0) is 36.5 Å². The van der Waals surface area contributed by atoms with Crippen molar-refractivity contribution in [3.8, 4) is 11.3 Å². The summed E-state index contributed by atoms with van der Waals surface area (Å²) < 4.78 is 3.76. The number of thiazole rings is 1. The van der Waals surface area contributed by atoms with Crippen molar-refractivity contribution in [2.75, 3.05) is 13.1 Å². The fourth-order valence-electron chi connectivity index (χ4n) is 2.88. The zero-order chi connectivity index (χ0) is 16.4. The minimum Gasteiger partial charge on any atom is -0.337 e. The number of hydrogen-bond donors (Lipinski definition) is 0. The van der Waals surface area contributed by atoms with Crippen molar-refractivity contribution < 1.29 is 4.79 Å². The summed E-state index contributed by atoms with van der Waals surface area (Å²) >= 11 is 2.91. The molecule has 1 aliphatic rings. The molecule has 4 rings (SSSR count). The average Bonchev–Trinajstić information content (AvgIpc) is 3.34. The van der Waals surface area contributed by atoms with E-state index >= 15 is 0 Å². The first-order chi connectivity index (χ1) is 11.8. The Bertz CT molecular complexity index is 810. The number of rotatable bonds is 3. The lowest BCUT2D eigenvalue weighted by molar-refractivity contribution is 0.0707. The molecule has 0 unspecified atom stereocenters. The second kappa shape index (κ2) is 6.74. The molecule has 3 aromatic rings. The van der Waals surface area contributed by atoms with E-state index < -0.39 is 0 Å². The second-order valence-electron chi connectivity index (χ2n) is 5.66. The van der Waals surface area contributed by atoms with E-state index in [1.54, 1.807) is 29.1 Å². The zero-order valence-corrected chi connectivity index (χ0v) is 14.5. The second-order valence-corrected chi connectivity index (χ2v) is 7.16. The van der Waals surface area contributed by atoms with Gasteiger partial charge in [-0.1, -0.05) is 4.49 Å². The summed E-state index contributed by atoms with van der Waals surface area (Å²) in [5, 5.41) is 8.83. The summed E-state index contributed by atoms with van der Waals surface area (Å²) in [4.78, 5) is 23.0. The Morgan fingerprint density at radius 3 is 2.67 bits per heavy atom. The van der Waals surface area contributed by atoms with Gasteiger partial charge in [0.25, 0.3) is 5.91 Å². The van der Waals surface area contributed by atoms with Gasteiger partial charge in [0.2, 0.25) is 0 Å². The average molecular weight is 357 g/mol. The smallest absolute Gasteiger partial charge is 0.275 e. The SMILES string of the molecule is O=C(c1csnn1)N1CCC(c2nc(-c3ccncc3)cs2)CC1. The molecule has 0 saturated carbocycles. The molecule has 0 aromatic carbocycles. The first-order valence-corrected chi connectivity index (χ1v) is 9.45. The monoisotopic (exact) mass is 357 g/mol. The Hall–Kier alpha value is -2.19. The molecular weight excluding hydrogens is 342 g/mol. The van der Waals surface area contributed by atoms with Crippen molar-refractivity contribution in [2.24, 2.45) is 0 Å². The Morgan fingerprint density at radius 2 is 1.96 bits per heavy atom. The van der Waals surface area contributed by atoms with Gasteiger partial charge in [-0.3, -0.25) is 9.78 Å². The maximum absolute atomic E-state index is 12.3. The van der Waals surface area contributed by atoms with Crippen LogP contribution in [0.15, 0.2) is 35.3 Å². The van der Waals surface area contributed by atoms with Crippen LogP contribution in [0.25, 0.3) is 11.3 Å². The lowest BCUT2D eigenvalue weighted by Gasteiger charge is -2.30. The minimum absolute atomic E-state index is 0.0150. The molecule has 8 heteroatoms. The van der Waals surface area contributed by atoms with Crippen LogP contribution < -0.4 is 0 Å². The third-order valence-electron chi connectivity index (χ3n) is 4.21. The molecule has 1 saturated heterocycles. The Balaban J connectivity index is 1.41. The van der Waals surface area contributed by atoms with Gasteiger partial charge in [0.15, 0.2) is 5.69 Å². The maximum atomic E-state index is 12.3. The normalized spacial score (nSPS) is 15.6. The summed E-state index contributed by atoms with van der Waals surface area (Å²) in [5.41, 5.74) is 2.55. The molecular formula is C16H15N5OS2. The third-order valence-corrected chi connectivity index (χ3v) is 5.72. The largest absolute Gasteiger partial charge is 0.337 e. The van der Waals surface area contributed by atoms with Crippen molar-refractivity contribution in [1.29, 1.82) is 0 Å². The first-order valence-electron chi connectivity index (χ1n) is 7.73. The molecule has 0 radical (unpaired) electrons. The van der Waals surface area contributed by atoms with Crippen molar-refractivity contribution >= 4 is 28.8 Å². The molecule has 3 aromatic heterocycles. The van der Waals surface area contributed by atoms with Gasteiger partial charge in [0.05, 0.1) is 10.7 Å². The number of amides is 1. The number of nitrogens with zero attached hydrogens (tertiary/aromatic N) is 5. The number of carbonyl (C=O) groups excluding carboxylic acids is 1. The van der Waals surface area contributed by atoms with Gasteiger partial charge >= 0.3 is 0 Å². The number of piperidine rings is 1. The summed E-state index contributed by atoms with van der Waals surface area (Å²) in [7, 11) is 0. The first kappa shape index (κ1) is 15.3. The zero-order valence-electron chi connectivity index (χ0n) is 12.8. The van der Waals surface area contributed by atoms with Crippen LogP contribution in [0.1, 0.15) is 34.3 Å². The van der Waals surface area contributed by atoms with Crippen LogP contribution in [0.2, 0.25) is 0 Å². The highest BCUT2D eigenvalue weighted by molar-refractivity contribution is 7.10. The van der Waals surface area contributed by atoms with Crippen LogP contribution in [0.4, 0.5) is 0 Å². The van der Waals surface area contributed by atoms with E-state index in [0.29, 0.717) is 11.6 Å². The standard InChI is InChI=1S/C16H15N5OS2/c22-16(14-10-24-20-19-14)21-7-3-12(4-8-21)15-18-13(9-23-15)11-1-5-17-6-2-11/h1-2,5-6,9-10,12H,3-4,7-8H2. The fourth-order valence-corrected chi connectivity index (χ4v) is 4.31. The van der Waals surface area contributed by atoms with Gasteiger partial charge < -0.3 is 4.90 Å². The van der Waals surface area contributed by atoms with E-state index in [-0.39, 0.29) is 5.91 Å². The maximum Gasteiger partial charge on any atom is 0.275 e. The number of aromatic nitrogens is 4. The number of hydrogen-bond acceptors (Lipinski definition) is 7. The topological polar surface area (TPSA) is 71.9 Å². The molecule has 1 amide bonds. The van der Waals surface area contributed by atoms with E-state index in [2.05, 4.69) is 20.0 Å². The highest BCUT2D eigenvalue weighted by Gasteiger charge is 2.27. The molecule has 6 nitrogen and oxygen atoms in total. The van der Waals surface area contributed by atoms with Gasteiger partial charge in [-0.2, -0.15) is 0 Å². The Labute approximate surface area is 147 Å². The van der Waals surface area contributed by atoms with Gasteiger partial charge in [-0.15, -0.1) is 16.4 Å². The molecule has 4 heterocycles. The molecule has 0 spiro atoms. The lowest BCUT2D eigenvalue weighted by atomic mass is 9.97. The van der Waals surface area contributed by atoms with E-state index in [9.17, 15) is 4.79 Å². The summed E-state index contributed by atoms with van der Waals surface area (Å²) in [5.74, 6) is 0.405. The van der Waals surface area contributed by atoms with Crippen LogP contribution in [0, 0.1) is 0 Å². The van der Waals surface area contributed by atoms with Gasteiger partial charge in [-0.25, -0.2) is 4.98 Å². The highest BCUT2D eigenvalue weighted by Crippen LogP contribution is 2.33. The minimum atomic E-state index is -0.0150. The molecule has 122 valence electrons. The summed E-state index contributed by atoms with van der Waals surface area (Å²) in [6.45, 7) is 1.48. The van der Waals surface area contributed by atoms with Crippen molar-refractivity contribution in [3.63, 3.8) is 0 Å². The predicted molar refractivity (Wildman–Crippen MR) is 93.1 cm³/mol. The van der Waals surface area contributed by atoms with Crippen molar-refractivity contribution in [3.05, 3.63) is 46.0 Å². The summed E-state index contributed by atoms with van der Waals surface area (Å²) in [6.07, 6.45) is 5.44. The van der Waals surface area contributed by atoms with E-state index in [4.69, 9.17) is 4.98 Å². The molecule has 0 N–H and O–H groups in total. The van der Waals surface area contributed by atoms with Crippen LogP contribution in [-0.4, -0.2) is 43.5 Å². The predicted octanol–water partition coefficient (Wildman–Crippen LogP) is 3.08. The van der Waals surface area contributed by atoms with Crippen molar-refractivity contribution in [1.82, 2.24) is 24.5 Å². The Morgan fingerprint density at radius 1 is 1.17 bits per heavy atom. The molecule has 0 atom stereocenters. The van der Waals surface area contributed by atoms with Gasteiger partial charge in [0.1, 0.15) is 0 Å². The molecule has 24 heavy (non-hydrogen) atoms. The van der Waals surface area contributed by atoms with E-state index in [1.165, 1.54) is 11.5 Å². The summed E-state index contributed by atoms with van der Waals surface area (Å²) in [6, 6.07) is 3.95. The third kappa shape index (κ3) is 3.07. The van der Waals surface area contributed by atoms with Crippen molar-refractivity contribution in [2.45, 2.75) is 18.8 Å². The van der Waals surface area contributed by atoms with Crippen LogP contribution in [0.3, 0.4) is 0 Å². The number of carbonyl (C=O) groups is 1. The van der Waals surface area contributed by atoms with Crippen LogP contribution in [-0.2, 0) is 0 Å². The molecule has 0 aliphatic carbocycles. The fraction of sp³-hybridized carbons (Fsp3) is 0.312. The molecule has 1 aliphatic heterocycles. The number of pyridine rings is 1. The molecule has 1 fully saturated rings. The lowest BCUT2D eigenvalue weighted by Crippen LogP contribution is -2.38. The highest BCUT2D eigenvalue weighted by atomic mass is 32.1. The van der Waals surface area contributed by atoms with E-state index in [0.717, 1.165) is 42.2 Å². The van der Waals surface area contributed by atoms with E-state index in [1.807, 2.05) is 17.0 Å². The van der Waals surface area contributed by atoms with Crippen LogP contribution >= 0.6 is 22.9 Å². The van der Waals surface area contributed by atoms with Crippen LogP contribution in [0.5, 0.6) is 0 Å². The molecule has 0 bridgehead atoms.